The average Bonchev–Trinajstić information content (AvgIpc) is 2.74. The highest BCUT2D eigenvalue weighted by molar-refractivity contribution is 5.95. The van der Waals surface area contributed by atoms with E-state index in [0.717, 1.165) is 17.7 Å². The molecule has 5 heteroatoms. The summed E-state index contributed by atoms with van der Waals surface area (Å²) >= 11 is 0. The van der Waals surface area contributed by atoms with Crippen molar-refractivity contribution in [2.24, 2.45) is 5.92 Å². The molecular weight excluding hydrogens is 338 g/mol. The second kappa shape index (κ2) is 8.80. The Balaban J connectivity index is 1.62. The molecule has 1 atom stereocenters. The van der Waals surface area contributed by atoms with Gasteiger partial charge in [0.25, 0.3) is 5.91 Å². The number of hydrogen-bond donors (Lipinski definition) is 1. The molecule has 0 unspecified atom stereocenters. The molecule has 0 saturated carbocycles. The Morgan fingerprint density at radius 1 is 1.19 bits per heavy atom. The second-order valence-electron chi connectivity index (χ2n) is 7.18. The van der Waals surface area contributed by atoms with Gasteiger partial charge in [0.1, 0.15) is 0 Å². The van der Waals surface area contributed by atoms with E-state index in [1.54, 1.807) is 12.3 Å². The fourth-order valence-corrected chi connectivity index (χ4v) is 3.32. The van der Waals surface area contributed by atoms with Crippen molar-refractivity contribution in [3.8, 4) is 11.3 Å². The zero-order valence-corrected chi connectivity index (χ0v) is 16.0. The van der Waals surface area contributed by atoms with E-state index in [1.807, 2.05) is 48.2 Å². The Bertz CT molecular complexity index is 783. The molecular formula is C22H27N3O2. The van der Waals surface area contributed by atoms with Crippen molar-refractivity contribution in [3.05, 3.63) is 54.2 Å². The molecule has 1 fully saturated rings. The monoisotopic (exact) mass is 365 g/mol. The van der Waals surface area contributed by atoms with Gasteiger partial charge >= 0.3 is 0 Å². The van der Waals surface area contributed by atoms with E-state index in [1.165, 1.54) is 0 Å². The lowest BCUT2D eigenvalue weighted by Crippen LogP contribution is -2.44. The normalized spacial score (nSPS) is 16.0. The number of nitrogens with one attached hydrogen (secondary N) is 1. The van der Waals surface area contributed by atoms with Crippen LogP contribution in [0.25, 0.3) is 11.3 Å². The van der Waals surface area contributed by atoms with Gasteiger partial charge in [-0.2, -0.15) is 0 Å². The van der Waals surface area contributed by atoms with Gasteiger partial charge in [0, 0.05) is 42.4 Å². The topological polar surface area (TPSA) is 62.3 Å². The maximum absolute atomic E-state index is 12.9. The van der Waals surface area contributed by atoms with Crippen LogP contribution in [-0.4, -0.2) is 40.8 Å². The summed E-state index contributed by atoms with van der Waals surface area (Å²) in [6, 6.07) is 13.7. The summed E-state index contributed by atoms with van der Waals surface area (Å²) in [6.07, 6.45) is 4.03. The summed E-state index contributed by atoms with van der Waals surface area (Å²) in [6.45, 7) is 5.30. The molecule has 5 nitrogen and oxygen atoms in total. The lowest BCUT2D eigenvalue weighted by molar-refractivity contribution is -0.126. The van der Waals surface area contributed by atoms with Gasteiger partial charge < -0.3 is 10.2 Å². The number of benzene rings is 1. The molecule has 1 saturated heterocycles. The lowest BCUT2D eigenvalue weighted by atomic mass is 9.95. The highest BCUT2D eigenvalue weighted by atomic mass is 16.2. The van der Waals surface area contributed by atoms with Crippen molar-refractivity contribution in [2.75, 3.05) is 13.1 Å². The Labute approximate surface area is 160 Å². The molecule has 2 amide bonds. The van der Waals surface area contributed by atoms with Gasteiger partial charge in [0.2, 0.25) is 5.91 Å². The van der Waals surface area contributed by atoms with Crippen molar-refractivity contribution in [3.63, 3.8) is 0 Å². The zero-order chi connectivity index (χ0) is 19.2. The van der Waals surface area contributed by atoms with Gasteiger partial charge in [0.05, 0.1) is 5.69 Å². The number of piperidine rings is 1. The fraction of sp³-hybridized carbons (Fsp3) is 0.409. The maximum Gasteiger partial charge on any atom is 0.253 e. The van der Waals surface area contributed by atoms with Gasteiger partial charge in [-0.15, -0.1) is 0 Å². The number of rotatable bonds is 5. The van der Waals surface area contributed by atoms with Crippen molar-refractivity contribution >= 4 is 11.8 Å². The smallest absolute Gasteiger partial charge is 0.253 e. The molecule has 142 valence electrons. The maximum atomic E-state index is 12.9. The molecule has 27 heavy (non-hydrogen) atoms. The molecule has 0 spiro atoms. The molecule has 0 radical (unpaired) electrons. The Hall–Kier alpha value is -2.69. The van der Waals surface area contributed by atoms with Gasteiger partial charge in [0.15, 0.2) is 0 Å². The van der Waals surface area contributed by atoms with Crippen LogP contribution in [0.2, 0.25) is 0 Å². The molecule has 3 rings (SSSR count). The first kappa shape index (κ1) is 19.1. The molecule has 2 heterocycles. The number of hydrogen-bond acceptors (Lipinski definition) is 3. The van der Waals surface area contributed by atoms with E-state index in [-0.39, 0.29) is 23.8 Å². The van der Waals surface area contributed by atoms with Gasteiger partial charge in [-0.3, -0.25) is 14.6 Å². The molecule has 0 aliphatic carbocycles. The number of amides is 2. The first-order chi connectivity index (χ1) is 13.1. The molecule has 1 aromatic heterocycles. The summed E-state index contributed by atoms with van der Waals surface area (Å²) in [5, 5.41) is 3.05. The van der Waals surface area contributed by atoms with Crippen LogP contribution in [0.1, 0.15) is 43.5 Å². The van der Waals surface area contributed by atoms with Crippen molar-refractivity contribution in [1.29, 1.82) is 0 Å². The van der Waals surface area contributed by atoms with Crippen LogP contribution < -0.4 is 5.32 Å². The van der Waals surface area contributed by atoms with Crippen LogP contribution in [0.4, 0.5) is 0 Å². The van der Waals surface area contributed by atoms with Crippen LogP contribution in [0, 0.1) is 5.92 Å². The lowest BCUT2D eigenvalue weighted by Gasteiger charge is -2.32. The predicted octanol–water partition coefficient (Wildman–Crippen LogP) is 3.52. The Morgan fingerprint density at radius 3 is 2.56 bits per heavy atom. The van der Waals surface area contributed by atoms with Crippen LogP contribution in [0.5, 0.6) is 0 Å². The number of likely N-dealkylation sites (tertiary alicyclic amines) is 1. The van der Waals surface area contributed by atoms with E-state index < -0.39 is 0 Å². The second-order valence-corrected chi connectivity index (χ2v) is 7.18. The SMILES string of the molecule is CC[C@H](C)NC(=O)C1CCN(C(=O)c2ccnc(-c3ccccc3)c2)CC1. The molecule has 1 aromatic carbocycles. The van der Waals surface area contributed by atoms with Crippen molar-refractivity contribution in [2.45, 2.75) is 39.2 Å². The van der Waals surface area contributed by atoms with Crippen LogP contribution in [-0.2, 0) is 4.79 Å². The molecule has 2 aromatic rings. The van der Waals surface area contributed by atoms with Crippen molar-refractivity contribution in [1.82, 2.24) is 15.2 Å². The van der Waals surface area contributed by atoms with Gasteiger partial charge in [-0.25, -0.2) is 0 Å². The first-order valence-corrected chi connectivity index (χ1v) is 9.69. The minimum absolute atomic E-state index is 0.000342. The summed E-state index contributed by atoms with van der Waals surface area (Å²) < 4.78 is 0. The third-order valence-corrected chi connectivity index (χ3v) is 5.23. The predicted molar refractivity (Wildman–Crippen MR) is 106 cm³/mol. The third kappa shape index (κ3) is 4.73. The fourth-order valence-electron chi connectivity index (χ4n) is 3.32. The summed E-state index contributed by atoms with van der Waals surface area (Å²) in [5.74, 6) is 0.127. The minimum Gasteiger partial charge on any atom is -0.353 e. The standard InChI is InChI=1S/C22H27N3O2/c1-3-16(2)24-21(26)18-10-13-25(14-11-18)22(27)19-9-12-23-20(15-19)17-7-5-4-6-8-17/h4-9,12,15-16,18H,3,10-11,13-14H2,1-2H3,(H,24,26)/t16-/m0/s1. The quantitative estimate of drug-likeness (QED) is 0.882. The number of nitrogens with zero attached hydrogens (tertiary/aromatic N) is 2. The zero-order valence-electron chi connectivity index (χ0n) is 16.0. The van der Waals surface area contributed by atoms with E-state index in [4.69, 9.17) is 0 Å². The molecule has 0 bridgehead atoms. The number of pyridine rings is 1. The van der Waals surface area contributed by atoms with Crippen LogP contribution in [0.3, 0.4) is 0 Å². The highest BCUT2D eigenvalue weighted by Gasteiger charge is 2.28. The van der Waals surface area contributed by atoms with Crippen LogP contribution in [0.15, 0.2) is 48.7 Å². The minimum atomic E-state index is 0.000342. The van der Waals surface area contributed by atoms with Gasteiger partial charge in [-0.1, -0.05) is 37.3 Å². The number of aromatic nitrogens is 1. The third-order valence-electron chi connectivity index (χ3n) is 5.23. The highest BCUT2D eigenvalue weighted by Crippen LogP contribution is 2.22. The first-order valence-electron chi connectivity index (χ1n) is 9.69. The number of carbonyl (C=O) groups is 2. The van der Waals surface area contributed by atoms with Gasteiger partial charge in [-0.05, 0) is 38.3 Å². The largest absolute Gasteiger partial charge is 0.353 e. The molecule has 1 N–H and O–H groups in total. The van der Waals surface area contributed by atoms with E-state index in [0.29, 0.717) is 31.5 Å². The summed E-state index contributed by atoms with van der Waals surface area (Å²) in [5.41, 5.74) is 2.43. The van der Waals surface area contributed by atoms with Crippen LogP contribution >= 0.6 is 0 Å². The summed E-state index contributed by atoms with van der Waals surface area (Å²) in [7, 11) is 0. The van der Waals surface area contributed by atoms with E-state index in [9.17, 15) is 9.59 Å². The molecule has 1 aliphatic heterocycles. The van der Waals surface area contributed by atoms with E-state index >= 15 is 0 Å². The molecule has 1 aliphatic rings. The average molecular weight is 365 g/mol. The van der Waals surface area contributed by atoms with Crippen molar-refractivity contribution < 1.29 is 9.59 Å². The van der Waals surface area contributed by atoms with E-state index in [2.05, 4.69) is 17.2 Å². The Morgan fingerprint density at radius 2 is 1.89 bits per heavy atom. The summed E-state index contributed by atoms with van der Waals surface area (Å²) in [4.78, 5) is 31.4. The Kier molecular flexibility index (Phi) is 6.22. The number of carbonyl (C=O) groups excluding carboxylic acids is 2.